The van der Waals surface area contributed by atoms with Crippen LogP contribution in [0.3, 0.4) is 0 Å². The molecule has 0 saturated carbocycles. The first-order valence-corrected chi connectivity index (χ1v) is 8.89. The van der Waals surface area contributed by atoms with E-state index in [1.807, 2.05) is 16.7 Å². The van der Waals surface area contributed by atoms with Gasteiger partial charge in [0.2, 0.25) is 0 Å². The lowest BCUT2D eigenvalue weighted by Crippen LogP contribution is -2.41. The van der Waals surface area contributed by atoms with Gasteiger partial charge >= 0.3 is 0 Å². The number of rotatable bonds is 5. The number of thioether (sulfide) groups is 1. The summed E-state index contributed by atoms with van der Waals surface area (Å²) in [7, 11) is 0. The zero-order valence-electron chi connectivity index (χ0n) is 12.6. The van der Waals surface area contributed by atoms with Crippen LogP contribution in [0.15, 0.2) is 12.1 Å². The van der Waals surface area contributed by atoms with Crippen molar-refractivity contribution in [1.82, 2.24) is 9.88 Å². The van der Waals surface area contributed by atoms with Crippen LogP contribution in [0.5, 0.6) is 0 Å². The summed E-state index contributed by atoms with van der Waals surface area (Å²) in [6.07, 6.45) is 2.09. The van der Waals surface area contributed by atoms with E-state index in [-0.39, 0.29) is 5.91 Å². The van der Waals surface area contributed by atoms with Crippen molar-refractivity contribution in [3.05, 3.63) is 22.8 Å². The van der Waals surface area contributed by atoms with Crippen LogP contribution in [0.25, 0.3) is 0 Å². The van der Waals surface area contributed by atoms with Gasteiger partial charge in [-0.1, -0.05) is 25.4 Å². The number of aromatic nitrogens is 1. The minimum atomic E-state index is 0.0533. The summed E-state index contributed by atoms with van der Waals surface area (Å²) in [4.78, 5) is 18.8. The van der Waals surface area contributed by atoms with Gasteiger partial charge in [-0.3, -0.25) is 4.79 Å². The molecule has 0 spiro atoms. The number of halogens is 1. The molecule has 0 bridgehead atoms. The van der Waals surface area contributed by atoms with Crippen molar-refractivity contribution in [3.8, 4) is 0 Å². The average Bonchev–Trinajstić information content (AvgIpc) is 2.51. The highest BCUT2D eigenvalue weighted by molar-refractivity contribution is 8.00. The van der Waals surface area contributed by atoms with Crippen LogP contribution in [0, 0.1) is 0 Å². The number of nitrogens with one attached hydrogen (secondary N) is 1. The number of pyridine rings is 1. The zero-order chi connectivity index (χ0) is 15.2. The second kappa shape index (κ2) is 7.90. The molecule has 0 aliphatic carbocycles. The molecule has 116 valence electrons. The van der Waals surface area contributed by atoms with Gasteiger partial charge in [0.25, 0.3) is 5.91 Å². The molecule has 1 aliphatic rings. The van der Waals surface area contributed by atoms with Crippen LogP contribution < -0.4 is 5.32 Å². The topological polar surface area (TPSA) is 45.2 Å². The highest BCUT2D eigenvalue weighted by Crippen LogP contribution is 2.23. The Morgan fingerprint density at radius 2 is 2.33 bits per heavy atom. The molecule has 1 fully saturated rings. The number of anilines is 1. The van der Waals surface area contributed by atoms with Crippen molar-refractivity contribution in [2.24, 2.45) is 0 Å². The SMILES string of the molecule is CCCNc1cc(C(=O)N2CCSC(CC)C2)cc(Cl)n1. The summed E-state index contributed by atoms with van der Waals surface area (Å²) < 4.78 is 0. The number of hydrogen-bond acceptors (Lipinski definition) is 4. The molecule has 2 rings (SSSR count). The van der Waals surface area contributed by atoms with E-state index >= 15 is 0 Å². The van der Waals surface area contributed by atoms with E-state index in [0.717, 1.165) is 38.2 Å². The summed E-state index contributed by atoms with van der Waals surface area (Å²) in [5, 5.41) is 4.08. The molecule has 1 aromatic heterocycles. The lowest BCUT2D eigenvalue weighted by molar-refractivity contribution is 0.0761. The van der Waals surface area contributed by atoms with Crippen LogP contribution in [0.1, 0.15) is 37.0 Å². The monoisotopic (exact) mass is 327 g/mol. The van der Waals surface area contributed by atoms with Crippen molar-refractivity contribution in [2.75, 3.05) is 30.7 Å². The van der Waals surface area contributed by atoms with Gasteiger partial charge in [0.05, 0.1) is 0 Å². The molecule has 1 saturated heterocycles. The lowest BCUT2D eigenvalue weighted by atomic mass is 10.2. The first-order chi connectivity index (χ1) is 10.1. The predicted octanol–water partition coefficient (Wildman–Crippen LogP) is 3.52. The Hall–Kier alpha value is -0.940. The highest BCUT2D eigenvalue weighted by atomic mass is 35.5. The second-order valence-electron chi connectivity index (χ2n) is 5.14. The Morgan fingerprint density at radius 1 is 1.52 bits per heavy atom. The molecule has 0 aromatic carbocycles. The molecular formula is C15H22ClN3OS. The fourth-order valence-corrected chi connectivity index (χ4v) is 3.69. The normalized spacial score (nSPS) is 18.6. The lowest BCUT2D eigenvalue weighted by Gasteiger charge is -2.32. The van der Waals surface area contributed by atoms with Gasteiger partial charge < -0.3 is 10.2 Å². The average molecular weight is 328 g/mol. The van der Waals surface area contributed by atoms with Crippen LogP contribution in [-0.2, 0) is 0 Å². The molecule has 1 unspecified atom stereocenters. The Morgan fingerprint density at radius 3 is 3.05 bits per heavy atom. The Bertz CT molecular complexity index is 498. The van der Waals surface area contributed by atoms with E-state index in [0.29, 0.717) is 21.8 Å². The molecular weight excluding hydrogens is 306 g/mol. The molecule has 1 aromatic rings. The number of carbonyl (C=O) groups is 1. The third-order valence-corrected chi connectivity index (χ3v) is 5.04. The van der Waals surface area contributed by atoms with E-state index in [1.54, 1.807) is 12.1 Å². The molecule has 4 nitrogen and oxygen atoms in total. The third kappa shape index (κ3) is 4.51. The number of carbonyl (C=O) groups excluding carboxylic acids is 1. The fourth-order valence-electron chi connectivity index (χ4n) is 2.30. The van der Waals surface area contributed by atoms with Crippen LogP contribution in [0.4, 0.5) is 5.82 Å². The van der Waals surface area contributed by atoms with Crippen molar-refractivity contribution in [2.45, 2.75) is 31.9 Å². The van der Waals surface area contributed by atoms with E-state index in [9.17, 15) is 4.79 Å². The summed E-state index contributed by atoms with van der Waals surface area (Å²) in [6, 6.07) is 3.45. The van der Waals surface area contributed by atoms with Crippen molar-refractivity contribution >= 4 is 35.1 Å². The predicted molar refractivity (Wildman–Crippen MR) is 90.5 cm³/mol. The standard InChI is InChI=1S/C15H22ClN3OS/c1-3-5-17-14-9-11(8-13(16)18-14)15(20)19-6-7-21-12(4-2)10-19/h8-9,12H,3-7,10H2,1-2H3,(H,17,18). The van der Waals surface area contributed by atoms with Gasteiger partial charge in [-0.2, -0.15) is 11.8 Å². The summed E-state index contributed by atoms with van der Waals surface area (Å²) in [5.74, 6) is 1.73. The molecule has 1 aliphatic heterocycles. The first-order valence-electron chi connectivity index (χ1n) is 7.46. The van der Waals surface area contributed by atoms with Gasteiger partial charge in [-0.05, 0) is 25.0 Å². The third-order valence-electron chi connectivity index (χ3n) is 3.48. The Kier molecular flexibility index (Phi) is 6.18. The van der Waals surface area contributed by atoms with Gasteiger partial charge in [0.1, 0.15) is 11.0 Å². The van der Waals surface area contributed by atoms with Crippen LogP contribution in [-0.4, -0.2) is 46.4 Å². The molecule has 2 heterocycles. The van der Waals surface area contributed by atoms with Crippen LogP contribution in [0.2, 0.25) is 5.15 Å². The maximum Gasteiger partial charge on any atom is 0.254 e. The van der Waals surface area contributed by atoms with Gasteiger partial charge in [0.15, 0.2) is 0 Å². The second-order valence-corrected chi connectivity index (χ2v) is 6.94. The van der Waals surface area contributed by atoms with E-state index in [4.69, 9.17) is 11.6 Å². The summed E-state index contributed by atoms with van der Waals surface area (Å²) in [6.45, 7) is 6.69. The van der Waals surface area contributed by atoms with Crippen molar-refractivity contribution in [3.63, 3.8) is 0 Å². The highest BCUT2D eigenvalue weighted by Gasteiger charge is 2.24. The summed E-state index contributed by atoms with van der Waals surface area (Å²) >= 11 is 7.99. The van der Waals surface area contributed by atoms with Gasteiger partial charge in [-0.25, -0.2) is 4.98 Å². The minimum Gasteiger partial charge on any atom is -0.370 e. The Balaban J connectivity index is 2.12. The van der Waals surface area contributed by atoms with E-state index in [2.05, 4.69) is 24.1 Å². The zero-order valence-corrected chi connectivity index (χ0v) is 14.1. The molecule has 1 amide bonds. The van der Waals surface area contributed by atoms with Crippen LogP contribution >= 0.6 is 23.4 Å². The van der Waals surface area contributed by atoms with Gasteiger partial charge in [-0.15, -0.1) is 0 Å². The van der Waals surface area contributed by atoms with Crippen molar-refractivity contribution < 1.29 is 4.79 Å². The molecule has 1 atom stereocenters. The maximum atomic E-state index is 12.6. The van der Waals surface area contributed by atoms with Gasteiger partial charge in [0, 0.05) is 36.2 Å². The number of amides is 1. The molecule has 0 radical (unpaired) electrons. The van der Waals surface area contributed by atoms with E-state index < -0.39 is 0 Å². The van der Waals surface area contributed by atoms with Crippen molar-refractivity contribution in [1.29, 1.82) is 0 Å². The fraction of sp³-hybridized carbons (Fsp3) is 0.600. The Labute approximate surface area is 135 Å². The molecule has 21 heavy (non-hydrogen) atoms. The molecule has 1 N–H and O–H groups in total. The quantitative estimate of drug-likeness (QED) is 0.840. The smallest absolute Gasteiger partial charge is 0.254 e. The summed E-state index contributed by atoms with van der Waals surface area (Å²) in [5.41, 5.74) is 0.621. The minimum absolute atomic E-state index is 0.0533. The maximum absolute atomic E-state index is 12.6. The number of nitrogens with zero attached hydrogens (tertiary/aromatic N) is 2. The largest absolute Gasteiger partial charge is 0.370 e. The van der Waals surface area contributed by atoms with E-state index in [1.165, 1.54) is 0 Å². The first kappa shape index (κ1) is 16.4. The number of hydrogen-bond donors (Lipinski definition) is 1. The molecule has 6 heteroatoms.